The number of likely N-dealkylation sites (tertiary alicyclic amines) is 2. The lowest BCUT2D eigenvalue weighted by Crippen LogP contribution is -2.45. The highest BCUT2D eigenvalue weighted by Crippen LogP contribution is 2.20. The van der Waals surface area contributed by atoms with Gasteiger partial charge in [-0.05, 0) is 37.8 Å². The van der Waals surface area contributed by atoms with Crippen molar-refractivity contribution >= 4 is 6.03 Å². The van der Waals surface area contributed by atoms with Gasteiger partial charge in [-0.25, -0.2) is 9.18 Å². The third kappa shape index (κ3) is 4.70. The molecule has 1 aromatic carbocycles. The second kappa shape index (κ2) is 8.30. The number of rotatable bonds is 4. The number of hydrogen-bond donors (Lipinski definition) is 1. The molecule has 2 aliphatic rings. The average molecular weight is 344 g/mol. The Morgan fingerprint density at radius 2 is 2.00 bits per heavy atom. The van der Waals surface area contributed by atoms with Crippen LogP contribution in [0.1, 0.15) is 24.8 Å². The van der Waals surface area contributed by atoms with Crippen LogP contribution in [0, 0.1) is 29.0 Å². The summed E-state index contributed by atoms with van der Waals surface area (Å²) in [5.74, 6) is 0.346. The first kappa shape index (κ1) is 17.7. The minimum absolute atomic E-state index is 0.0241. The van der Waals surface area contributed by atoms with Gasteiger partial charge in [-0.15, -0.1) is 0 Å². The van der Waals surface area contributed by atoms with Crippen molar-refractivity contribution in [2.75, 3.05) is 32.7 Å². The van der Waals surface area contributed by atoms with E-state index < -0.39 is 0 Å². The zero-order chi connectivity index (χ0) is 17.6. The number of nitrogens with zero attached hydrogens (tertiary/aromatic N) is 3. The molecule has 1 atom stereocenters. The Morgan fingerprint density at radius 3 is 2.72 bits per heavy atom. The highest BCUT2D eigenvalue weighted by molar-refractivity contribution is 5.74. The van der Waals surface area contributed by atoms with Gasteiger partial charge < -0.3 is 10.2 Å². The van der Waals surface area contributed by atoms with Crippen molar-refractivity contribution in [3.8, 4) is 6.07 Å². The lowest BCUT2D eigenvalue weighted by atomic mass is 9.99. The van der Waals surface area contributed by atoms with Crippen molar-refractivity contribution in [2.24, 2.45) is 11.8 Å². The van der Waals surface area contributed by atoms with E-state index in [1.807, 2.05) is 12.1 Å². The smallest absolute Gasteiger partial charge is 0.317 e. The zero-order valence-electron chi connectivity index (χ0n) is 14.5. The summed E-state index contributed by atoms with van der Waals surface area (Å²) >= 11 is 0. The first-order valence-corrected chi connectivity index (χ1v) is 9.04. The number of piperidine rings is 1. The molecule has 2 amide bonds. The maximum atomic E-state index is 13.7. The molecule has 1 N–H and O–H groups in total. The van der Waals surface area contributed by atoms with E-state index in [2.05, 4.69) is 16.3 Å². The summed E-state index contributed by atoms with van der Waals surface area (Å²) in [6, 6.07) is 9.15. The molecule has 0 spiro atoms. The van der Waals surface area contributed by atoms with Gasteiger partial charge in [-0.2, -0.15) is 5.26 Å². The summed E-state index contributed by atoms with van der Waals surface area (Å²) < 4.78 is 13.7. The van der Waals surface area contributed by atoms with Crippen LogP contribution < -0.4 is 5.32 Å². The highest BCUT2D eigenvalue weighted by Gasteiger charge is 2.26. The van der Waals surface area contributed by atoms with Crippen molar-refractivity contribution in [3.05, 3.63) is 35.6 Å². The maximum absolute atomic E-state index is 13.7. The van der Waals surface area contributed by atoms with Crippen molar-refractivity contribution < 1.29 is 9.18 Å². The summed E-state index contributed by atoms with van der Waals surface area (Å²) in [5, 5.41) is 11.9. The van der Waals surface area contributed by atoms with E-state index >= 15 is 0 Å². The van der Waals surface area contributed by atoms with Gasteiger partial charge in [0.05, 0.1) is 6.07 Å². The molecule has 3 rings (SSSR count). The Morgan fingerprint density at radius 1 is 1.24 bits per heavy atom. The van der Waals surface area contributed by atoms with E-state index in [9.17, 15) is 9.18 Å². The Bertz CT molecular complexity index is 637. The molecule has 0 saturated carbocycles. The Balaban J connectivity index is 1.39. The van der Waals surface area contributed by atoms with Crippen molar-refractivity contribution in [2.45, 2.75) is 25.8 Å². The van der Waals surface area contributed by atoms with Crippen molar-refractivity contribution in [1.82, 2.24) is 15.1 Å². The quantitative estimate of drug-likeness (QED) is 0.913. The molecule has 2 aliphatic heterocycles. The van der Waals surface area contributed by atoms with E-state index in [1.165, 1.54) is 6.07 Å². The predicted octanol–water partition coefficient (Wildman–Crippen LogP) is 2.59. The number of urea groups is 1. The minimum Gasteiger partial charge on any atom is -0.338 e. The van der Waals surface area contributed by atoms with Crippen LogP contribution >= 0.6 is 0 Å². The van der Waals surface area contributed by atoms with Crippen LogP contribution in [-0.2, 0) is 6.54 Å². The second-order valence-corrected chi connectivity index (χ2v) is 7.06. The fourth-order valence-corrected chi connectivity index (χ4v) is 3.65. The Kier molecular flexibility index (Phi) is 5.87. The summed E-state index contributed by atoms with van der Waals surface area (Å²) in [5.41, 5.74) is 0.729. The monoisotopic (exact) mass is 344 g/mol. The predicted molar refractivity (Wildman–Crippen MR) is 93.1 cm³/mol. The van der Waals surface area contributed by atoms with Gasteiger partial charge in [-0.1, -0.05) is 18.2 Å². The molecule has 2 heterocycles. The molecule has 2 saturated heterocycles. The van der Waals surface area contributed by atoms with Gasteiger partial charge in [0.2, 0.25) is 0 Å². The number of carbonyl (C=O) groups excluding carboxylic acids is 1. The number of halogens is 1. The number of carbonyl (C=O) groups is 1. The molecule has 134 valence electrons. The standard InChI is InChI=1S/C19H25FN4O/c20-18-4-2-1-3-17(18)14-23-8-5-16(13-23)12-22-19(25)24-9-6-15(11-21)7-10-24/h1-4,15-16H,5-10,12-14H2,(H,22,25)/t16-/m1/s1. The lowest BCUT2D eigenvalue weighted by molar-refractivity contribution is 0.177. The van der Waals surface area contributed by atoms with Gasteiger partial charge in [0.1, 0.15) is 5.82 Å². The molecule has 5 nitrogen and oxygen atoms in total. The van der Waals surface area contributed by atoms with Crippen LogP contribution in [0.2, 0.25) is 0 Å². The number of nitriles is 1. The number of benzene rings is 1. The van der Waals surface area contributed by atoms with E-state index in [0.29, 0.717) is 32.1 Å². The number of hydrogen-bond acceptors (Lipinski definition) is 3. The van der Waals surface area contributed by atoms with Crippen LogP contribution in [0.25, 0.3) is 0 Å². The molecule has 6 heteroatoms. The average Bonchev–Trinajstić information content (AvgIpc) is 3.09. The first-order valence-electron chi connectivity index (χ1n) is 9.04. The molecule has 0 radical (unpaired) electrons. The minimum atomic E-state index is -0.153. The van der Waals surface area contributed by atoms with Gasteiger partial charge in [0.25, 0.3) is 0 Å². The van der Waals surface area contributed by atoms with Crippen LogP contribution in [0.3, 0.4) is 0 Å². The molecule has 0 bridgehead atoms. The molecule has 25 heavy (non-hydrogen) atoms. The fraction of sp³-hybridized carbons (Fsp3) is 0.579. The van der Waals surface area contributed by atoms with E-state index in [4.69, 9.17) is 5.26 Å². The first-order chi connectivity index (χ1) is 12.2. The molecule has 2 fully saturated rings. The van der Waals surface area contributed by atoms with Crippen LogP contribution in [-0.4, -0.2) is 48.6 Å². The van der Waals surface area contributed by atoms with Gasteiger partial charge in [0, 0.05) is 44.2 Å². The Hall–Kier alpha value is -2.13. The Labute approximate surface area is 148 Å². The van der Waals surface area contributed by atoms with Crippen LogP contribution in [0.15, 0.2) is 24.3 Å². The molecule has 0 aliphatic carbocycles. The van der Waals surface area contributed by atoms with E-state index in [-0.39, 0.29) is 17.8 Å². The molecule has 0 aromatic heterocycles. The van der Waals surface area contributed by atoms with E-state index in [0.717, 1.165) is 37.9 Å². The summed E-state index contributed by atoms with van der Waals surface area (Å²) in [7, 11) is 0. The summed E-state index contributed by atoms with van der Waals surface area (Å²) in [6.07, 6.45) is 2.55. The van der Waals surface area contributed by atoms with E-state index in [1.54, 1.807) is 11.0 Å². The fourth-order valence-electron chi connectivity index (χ4n) is 3.65. The molecule has 0 unspecified atom stereocenters. The third-order valence-corrected chi connectivity index (χ3v) is 5.23. The SMILES string of the molecule is N#CC1CCN(C(=O)NC[C@H]2CCN(Cc3ccccc3F)C2)CC1. The van der Waals surface area contributed by atoms with Crippen molar-refractivity contribution in [3.63, 3.8) is 0 Å². The van der Waals surface area contributed by atoms with Crippen LogP contribution in [0.4, 0.5) is 9.18 Å². The third-order valence-electron chi connectivity index (χ3n) is 5.23. The zero-order valence-corrected chi connectivity index (χ0v) is 14.5. The lowest BCUT2D eigenvalue weighted by Gasteiger charge is -2.29. The number of amides is 2. The maximum Gasteiger partial charge on any atom is 0.317 e. The number of nitrogens with one attached hydrogen (secondary N) is 1. The molecular weight excluding hydrogens is 319 g/mol. The molecule has 1 aromatic rings. The molecular formula is C19H25FN4O. The van der Waals surface area contributed by atoms with Crippen molar-refractivity contribution in [1.29, 1.82) is 5.26 Å². The summed E-state index contributed by atoms with van der Waals surface area (Å²) in [4.78, 5) is 16.3. The highest BCUT2D eigenvalue weighted by atomic mass is 19.1. The summed E-state index contributed by atoms with van der Waals surface area (Å²) in [6.45, 7) is 4.42. The normalized spacial score (nSPS) is 21.9. The van der Waals surface area contributed by atoms with Gasteiger partial charge >= 0.3 is 6.03 Å². The van der Waals surface area contributed by atoms with Gasteiger partial charge in [-0.3, -0.25) is 4.90 Å². The van der Waals surface area contributed by atoms with Gasteiger partial charge in [0.15, 0.2) is 0 Å². The van der Waals surface area contributed by atoms with Crippen LogP contribution in [0.5, 0.6) is 0 Å². The topological polar surface area (TPSA) is 59.4 Å². The largest absolute Gasteiger partial charge is 0.338 e. The second-order valence-electron chi connectivity index (χ2n) is 7.06.